The highest BCUT2D eigenvalue weighted by Gasteiger charge is 2.45. The van der Waals surface area contributed by atoms with E-state index in [2.05, 4.69) is 30.5 Å². The van der Waals surface area contributed by atoms with E-state index in [1.807, 2.05) is 17.9 Å². The SMILES string of the molecule is CCNC(c1cnn(C)c1)C1(C)CC1. The summed E-state index contributed by atoms with van der Waals surface area (Å²) in [6.45, 7) is 5.54. The quantitative estimate of drug-likeness (QED) is 0.791. The first-order valence-electron chi connectivity index (χ1n) is 5.37. The molecule has 1 saturated carbocycles. The van der Waals surface area contributed by atoms with E-state index in [9.17, 15) is 0 Å². The molecule has 0 amide bonds. The molecule has 1 unspecified atom stereocenters. The van der Waals surface area contributed by atoms with Gasteiger partial charge in [-0.1, -0.05) is 13.8 Å². The lowest BCUT2D eigenvalue weighted by Crippen LogP contribution is -2.27. The van der Waals surface area contributed by atoms with Crippen LogP contribution in [0.25, 0.3) is 0 Å². The zero-order valence-electron chi connectivity index (χ0n) is 9.25. The number of nitrogens with zero attached hydrogens (tertiary/aromatic N) is 2. The average Bonchev–Trinajstić information content (AvgIpc) is 2.74. The minimum atomic E-state index is 0.471. The summed E-state index contributed by atoms with van der Waals surface area (Å²) < 4.78 is 1.88. The average molecular weight is 193 g/mol. The zero-order valence-corrected chi connectivity index (χ0v) is 9.25. The first-order valence-corrected chi connectivity index (χ1v) is 5.37. The van der Waals surface area contributed by atoms with E-state index in [4.69, 9.17) is 0 Å². The standard InChI is InChI=1S/C11H19N3/c1-4-12-10(11(2)5-6-11)9-7-13-14(3)8-9/h7-8,10,12H,4-6H2,1-3H3. The third kappa shape index (κ3) is 1.69. The van der Waals surface area contributed by atoms with Crippen molar-refractivity contribution in [3.8, 4) is 0 Å². The number of aryl methyl sites for hydroxylation is 1. The maximum Gasteiger partial charge on any atom is 0.0537 e. The van der Waals surface area contributed by atoms with E-state index in [1.165, 1.54) is 18.4 Å². The molecule has 1 heterocycles. The Morgan fingerprint density at radius 1 is 1.64 bits per heavy atom. The van der Waals surface area contributed by atoms with E-state index in [1.54, 1.807) is 0 Å². The summed E-state index contributed by atoms with van der Waals surface area (Å²) >= 11 is 0. The van der Waals surface area contributed by atoms with Gasteiger partial charge >= 0.3 is 0 Å². The summed E-state index contributed by atoms with van der Waals surface area (Å²) in [4.78, 5) is 0. The Kier molecular flexibility index (Phi) is 2.35. The van der Waals surface area contributed by atoms with Crippen LogP contribution in [0.1, 0.15) is 38.3 Å². The van der Waals surface area contributed by atoms with E-state index < -0.39 is 0 Å². The molecule has 1 aliphatic rings. The molecule has 0 aliphatic heterocycles. The van der Waals surface area contributed by atoms with Crippen LogP contribution in [0.5, 0.6) is 0 Å². The van der Waals surface area contributed by atoms with Gasteiger partial charge in [-0.25, -0.2) is 0 Å². The van der Waals surface area contributed by atoms with E-state index in [0.29, 0.717) is 11.5 Å². The molecule has 0 aromatic carbocycles. The van der Waals surface area contributed by atoms with Crippen molar-refractivity contribution in [2.24, 2.45) is 12.5 Å². The molecule has 1 aliphatic carbocycles. The van der Waals surface area contributed by atoms with Gasteiger partial charge in [0.25, 0.3) is 0 Å². The molecule has 0 saturated heterocycles. The topological polar surface area (TPSA) is 29.9 Å². The second-order valence-electron chi connectivity index (χ2n) is 4.59. The summed E-state index contributed by atoms with van der Waals surface area (Å²) in [5.74, 6) is 0. The Morgan fingerprint density at radius 3 is 2.79 bits per heavy atom. The lowest BCUT2D eigenvalue weighted by atomic mass is 9.94. The second kappa shape index (κ2) is 3.39. The second-order valence-corrected chi connectivity index (χ2v) is 4.59. The van der Waals surface area contributed by atoms with Gasteiger partial charge in [0.15, 0.2) is 0 Å². The highest BCUT2D eigenvalue weighted by Crippen LogP contribution is 2.54. The van der Waals surface area contributed by atoms with Gasteiger partial charge < -0.3 is 5.32 Å². The first-order chi connectivity index (χ1) is 6.65. The number of rotatable bonds is 4. The number of aromatic nitrogens is 2. The first kappa shape index (κ1) is 9.71. The van der Waals surface area contributed by atoms with Crippen molar-refractivity contribution < 1.29 is 0 Å². The van der Waals surface area contributed by atoms with Crippen LogP contribution in [-0.4, -0.2) is 16.3 Å². The van der Waals surface area contributed by atoms with Crippen molar-refractivity contribution in [2.75, 3.05) is 6.54 Å². The van der Waals surface area contributed by atoms with Gasteiger partial charge in [0.05, 0.1) is 6.20 Å². The summed E-state index contributed by atoms with van der Waals surface area (Å²) in [6.07, 6.45) is 6.77. The molecule has 0 radical (unpaired) electrons. The molecule has 3 nitrogen and oxygen atoms in total. The van der Waals surface area contributed by atoms with Crippen molar-refractivity contribution >= 4 is 0 Å². The Hall–Kier alpha value is -0.830. The van der Waals surface area contributed by atoms with Gasteiger partial charge in [-0.05, 0) is 24.8 Å². The predicted molar refractivity (Wildman–Crippen MR) is 57.0 cm³/mol. The van der Waals surface area contributed by atoms with Crippen molar-refractivity contribution in [2.45, 2.75) is 32.7 Å². The molecule has 2 rings (SSSR count). The fourth-order valence-electron chi connectivity index (χ4n) is 2.05. The smallest absolute Gasteiger partial charge is 0.0537 e. The minimum absolute atomic E-state index is 0.471. The molecule has 1 N–H and O–H groups in total. The summed E-state index contributed by atoms with van der Waals surface area (Å²) in [6, 6.07) is 0.487. The van der Waals surface area contributed by atoms with Crippen LogP contribution in [0, 0.1) is 5.41 Å². The summed E-state index contributed by atoms with van der Waals surface area (Å²) in [5.41, 5.74) is 1.80. The van der Waals surface area contributed by atoms with Crippen LogP contribution in [0.4, 0.5) is 0 Å². The molecule has 14 heavy (non-hydrogen) atoms. The van der Waals surface area contributed by atoms with E-state index >= 15 is 0 Å². The lowest BCUT2D eigenvalue weighted by molar-refractivity contribution is 0.373. The Labute approximate surface area is 85.5 Å². The molecule has 1 fully saturated rings. The molecule has 3 heteroatoms. The van der Waals surface area contributed by atoms with Crippen LogP contribution < -0.4 is 5.32 Å². The van der Waals surface area contributed by atoms with Gasteiger partial charge in [-0.3, -0.25) is 4.68 Å². The van der Waals surface area contributed by atoms with Crippen molar-refractivity contribution in [1.82, 2.24) is 15.1 Å². The van der Waals surface area contributed by atoms with Gasteiger partial charge in [0.2, 0.25) is 0 Å². The zero-order chi connectivity index (χ0) is 10.2. The number of nitrogens with one attached hydrogen (secondary N) is 1. The summed E-state index contributed by atoms with van der Waals surface area (Å²) in [5, 5.41) is 7.80. The maximum absolute atomic E-state index is 4.24. The lowest BCUT2D eigenvalue weighted by Gasteiger charge is -2.23. The van der Waals surface area contributed by atoms with Gasteiger partial charge in [0.1, 0.15) is 0 Å². The van der Waals surface area contributed by atoms with Crippen molar-refractivity contribution in [1.29, 1.82) is 0 Å². The fourth-order valence-corrected chi connectivity index (χ4v) is 2.05. The monoisotopic (exact) mass is 193 g/mol. The van der Waals surface area contributed by atoms with E-state index in [-0.39, 0.29) is 0 Å². The Bertz CT molecular complexity index is 312. The third-order valence-electron chi connectivity index (χ3n) is 3.20. The number of hydrogen-bond acceptors (Lipinski definition) is 2. The van der Waals surface area contributed by atoms with Gasteiger partial charge in [0, 0.05) is 24.8 Å². The minimum Gasteiger partial charge on any atom is -0.310 e. The molecule has 78 valence electrons. The van der Waals surface area contributed by atoms with Crippen LogP contribution >= 0.6 is 0 Å². The molecule has 1 atom stereocenters. The van der Waals surface area contributed by atoms with Crippen LogP contribution in [0.2, 0.25) is 0 Å². The molecule has 0 bridgehead atoms. The Balaban J connectivity index is 2.18. The van der Waals surface area contributed by atoms with Crippen LogP contribution in [0.3, 0.4) is 0 Å². The third-order valence-corrected chi connectivity index (χ3v) is 3.20. The number of hydrogen-bond donors (Lipinski definition) is 1. The van der Waals surface area contributed by atoms with E-state index in [0.717, 1.165) is 6.54 Å². The molecule has 1 aromatic heterocycles. The Morgan fingerprint density at radius 2 is 2.36 bits per heavy atom. The largest absolute Gasteiger partial charge is 0.310 e. The maximum atomic E-state index is 4.24. The molecular formula is C11H19N3. The normalized spacial score (nSPS) is 20.8. The van der Waals surface area contributed by atoms with Crippen molar-refractivity contribution in [3.63, 3.8) is 0 Å². The molecule has 0 spiro atoms. The fraction of sp³-hybridized carbons (Fsp3) is 0.727. The molecular weight excluding hydrogens is 174 g/mol. The van der Waals surface area contributed by atoms with Gasteiger partial charge in [-0.2, -0.15) is 5.10 Å². The van der Waals surface area contributed by atoms with Crippen LogP contribution in [0.15, 0.2) is 12.4 Å². The highest BCUT2D eigenvalue weighted by molar-refractivity contribution is 5.17. The predicted octanol–water partition coefficient (Wildman–Crippen LogP) is 1.87. The van der Waals surface area contributed by atoms with Crippen molar-refractivity contribution in [3.05, 3.63) is 18.0 Å². The summed E-state index contributed by atoms with van der Waals surface area (Å²) in [7, 11) is 1.97. The van der Waals surface area contributed by atoms with Crippen LogP contribution in [-0.2, 0) is 7.05 Å². The molecule has 1 aromatic rings. The highest BCUT2D eigenvalue weighted by atomic mass is 15.2. The van der Waals surface area contributed by atoms with Gasteiger partial charge in [-0.15, -0.1) is 0 Å².